The van der Waals surface area contributed by atoms with Gasteiger partial charge in [0, 0.05) is 8.59 Å². The Hall–Kier alpha value is -0.650. The first-order chi connectivity index (χ1) is 9.13. The van der Waals surface area contributed by atoms with E-state index >= 15 is 0 Å². The van der Waals surface area contributed by atoms with Gasteiger partial charge in [-0.05, 0) is 64.5 Å². The molecule has 0 amide bonds. The summed E-state index contributed by atoms with van der Waals surface area (Å²) in [6.07, 6.45) is 0. The molecule has 1 N–H and O–H groups in total. The van der Waals surface area contributed by atoms with Crippen LogP contribution in [0.15, 0.2) is 42.5 Å². The highest BCUT2D eigenvalue weighted by atomic mass is 127. The summed E-state index contributed by atoms with van der Waals surface area (Å²) in [5.41, 5.74) is 1.88. The van der Waals surface area contributed by atoms with Gasteiger partial charge < -0.3 is 5.32 Å². The van der Waals surface area contributed by atoms with Gasteiger partial charge in [-0.15, -0.1) is 0 Å². The Bertz CT molecular complexity index is 574. The second-order valence-corrected chi connectivity index (χ2v) is 5.75. The van der Waals surface area contributed by atoms with E-state index in [9.17, 15) is 4.39 Å². The van der Waals surface area contributed by atoms with Crippen LogP contribution in [0.25, 0.3) is 0 Å². The van der Waals surface area contributed by atoms with Gasteiger partial charge in [-0.3, -0.25) is 0 Å². The molecular formula is C15H14ClFIN. The smallest absolute Gasteiger partial charge is 0.123 e. The van der Waals surface area contributed by atoms with Crippen molar-refractivity contribution >= 4 is 34.2 Å². The molecule has 0 aliphatic heterocycles. The maximum atomic E-state index is 13.5. The molecule has 2 aromatic rings. The molecule has 0 aliphatic rings. The Kier molecular flexibility index (Phi) is 5.19. The second kappa shape index (κ2) is 6.68. The Morgan fingerprint density at radius 3 is 2.63 bits per heavy atom. The van der Waals surface area contributed by atoms with Crippen molar-refractivity contribution in [3.8, 4) is 0 Å². The normalized spacial score (nSPS) is 12.4. The van der Waals surface area contributed by atoms with Crippen LogP contribution in [0.2, 0.25) is 5.02 Å². The summed E-state index contributed by atoms with van der Waals surface area (Å²) in [6.45, 7) is 2.80. The van der Waals surface area contributed by atoms with Crippen LogP contribution in [0.3, 0.4) is 0 Å². The van der Waals surface area contributed by atoms with Gasteiger partial charge in [-0.25, -0.2) is 4.39 Å². The van der Waals surface area contributed by atoms with Gasteiger partial charge in [0.1, 0.15) is 5.82 Å². The number of halogens is 3. The van der Waals surface area contributed by atoms with E-state index in [0.717, 1.165) is 21.2 Å². The standard InChI is InChI=1S/C15H14ClFIN/c1-2-19-15(11-5-3-4-6-14(11)18)12-9-10(17)7-8-13(12)16/h3-9,15,19H,2H2,1H3. The molecule has 0 aliphatic carbocycles. The minimum Gasteiger partial charge on any atom is -0.306 e. The fourth-order valence-electron chi connectivity index (χ4n) is 2.04. The van der Waals surface area contributed by atoms with E-state index in [1.165, 1.54) is 12.1 Å². The van der Waals surface area contributed by atoms with Gasteiger partial charge in [0.25, 0.3) is 0 Å². The van der Waals surface area contributed by atoms with Crippen molar-refractivity contribution in [1.29, 1.82) is 0 Å². The number of rotatable bonds is 4. The molecule has 0 heterocycles. The maximum absolute atomic E-state index is 13.5. The van der Waals surface area contributed by atoms with E-state index in [-0.39, 0.29) is 11.9 Å². The van der Waals surface area contributed by atoms with Gasteiger partial charge >= 0.3 is 0 Å². The van der Waals surface area contributed by atoms with Crippen molar-refractivity contribution < 1.29 is 4.39 Å². The Morgan fingerprint density at radius 1 is 1.21 bits per heavy atom. The number of benzene rings is 2. The largest absolute Gasteiger partial charge is 0.306 e. The first kappa shape index (κ1) is 14.8. The molecule has 1 atom stereocenters. The van der Waals surface area contributed by atoms with Crippen molar-refractivity contribution in [2.75, 3.05) is 6.54 Å². The Morgan fingerprint density at radius 2 is 1.95 bits per heavy atom. The maximum Gasteiger partial charge on any atom is 0.123 e. The summed E-state index contributed by atoms with van der Waals surface area (Å²) in [4.78, 5) is 0. The SMILES string of the molecule is CCNC(c1cc(F)ccc1Cl)c1ccccc1I. The highest BCUT2D eigenvalue weighted by Gasteiger charge is 2.18. The molecule has 1 nitrogen and oxygen atoms in total. The van der Waals surface area contributed by atoms with Crippen LogP contribution >= 0.6 is 34.2 Å². The third-order valence-corrected chi connectivity index (χ3v) is 4.22. The number of hydrogen-bond acceptors (Lipinski definition) is 1. The monoisotopic (exact) mass is 389 g/mol. The average Bonchev–Trinajstić information content (AvgIpc) is 2.40. The Balaban J connectivity index is 2.51. The van der Waals surface area contributed by atoms with E-state index in [4.69, 9.17) is 11.6 Å². The first-order valence-corrected chi connectivity index (χ1v) is 7.52. The molecule has 2 rings (SSSR count). The van der Waals surface area contributed by atoms with Gasteiger partial charge in [-0.2, -0.15) is 0 Å². The zero-order chi connectivity index (χ0) is 13.8. The van der Waals surface area contributed by atoms with Crippen LogP contribution in [0, 0.1) is 9.39 Å². The van der Waals surface area contributed by atoms with Crippen LogP contribution in [-0.4, -0.2) is 6.54 Å². The Labute approximate surface area is 131 Å². The highest BCUT2D eigenvalue weighted by molar-refractivity contribution is 14.1. The van der Waals surface area contributed by atoms with Crippen LogP contribution < -0.4 is 5.32 Å². The van der Waals surface area contributed by atoms with E-state index in [1.807, 2.05) is 31.2 Å². The predicted molar refractivity (Wildman–Crippen MR) is 86.1 cm³/mol. The fourth-order valence-corrected chi connectivity index (χ4v) is 2.96. The predicted octanol–water partition coefficient (Wildman–Crippen LogP) is 4.78. The molecule has 1 unspecified atom stereocenters. The summed E-state index contributed by atoms with van der Waals surface area (Å²) < 4.78 is 14.6. The molecule has 19 heavy (non-hydrogen) atoms. The average molecular weight is 390 g/mol. The van der Waals surface area contributed by atoms with Crippen LogP contribution in [0.4, 0.5) is 4.39 Å². The minimum absolute atomic E-state index is 0.0960. The summed E-state index contributed by atoms with van der Waals surface area (Å²) in [6, 6.07) is 12.4. The lowest BCUT2D eigenvalue weighted by atomic mass is 9.98. The molecule has 4 heteroatoms. The summed E-state index contributed by atoms with van der Waals surface area (Å²) in [5.74, 6) is -0.270. The fraction of sp³-hybridized carbons (Fsp3) is 0.200. The highest BCUT2D eigenvalue weighted by Crippen LogP contribution is 2.31. The van der Waals surface area contributed by atoms with Gasteiger partial charge in [-0.1, -0.05) is 36.7 Å². The molecule has 0 fully saturated rings. The van der Waals surface area contributed by atoms with Crippen molar-refractivity contribution in [3.05, 3.63) is 68.0 Å². The third kappa shape index (κ3) is 3.46. The van der Waals surface area contributed by atoms with E-state index < -0.39 is 0 Å². The first-order valence-electron chi connectivity index (χ1n) is 6.06. The lowest BCUT2D eigenvalue weighted by Gasteiger charge is -2.21. The molecule has 0 bridgehead atoms. The van der Waals surface area contributed by atoms with Crippen molar-refractivity contribution in [1.82, 2.24) is 5.32 Å². The molecule has 0 spiro atoms. The molecule has 100 valence electrons. The van der Waals surface area contributed by atoms with Gasteiger partial charge in [0.2, 0.25) is 0 Å². The molecule has 0 saturated heterocycles. The van der Waals surface area contributed by atoms with Crippen LogP contribution in [-0.2, 0) is 0 Å². The second-order valence-electron chi connectivity index (χ2n) is 4.18. The molecule has 2 aromatic carbocycles. The molecule has 0 saturated carbocycles. The van der Waals surface area contributed by atoms with E-state index in [1.54, 1.807) is 6.07 Å². The molecule has 0 radical (unpaired) electrons. The summed E-state index contributed by atoms with van der Waals surface area (Å²) in [5, 5.41) is 3.94. The number of nitrogens with one attached hydrogen (secondary N) is 1. The van der Waals surface area contributed by atoms with Gasteiger partial charge in [0.15, 0.2) is 0 Å². The quantitative estimate of drug-likeness (QED) is 0.742. The van der Waals surface area contributed by atoms with Crippen molar-refractivity contribution in [2.45, 2.75) is 13.0 Å². The zero-order valence-corrected chi connectivity index (χ0v) is 13.4. The summed E-state index contributed by atoms with van der Waals surface area (Å²) in [7, 11) is 0. The van der Waals surface area contributed by atoms with Crippen LogP contribution in [0.5, 0.6) is 0 Å². The zero-order valence-electron chi connectivity index (χ0n) is 10.5. The lowest BCUT2D eigenvalue weighted by Crippen LogP contribution is -2.23. The van der Waals surface area contributed by atoms with E-state index in [0.29, 0.717) is 5.02 Å². The van der Waals surface area contributed by atoms with Gasteiger partial charge in [0.05, 0.1) is 6.04 Å². The van der Waals surface area contributed by atoms with Crippen molar-refractivity contribution in [3.63, 3.8) is 0 Å². The lowest BCUT2D eigenvalue weighted by molar-refractivity contribution is 0.602. The molecular weight excluding hydrogens is 376 g/mol. The van der Waals surface area contributed by atoms with Crippen molar-refractivity contribution in [2.24, 2.45) is 0 Å². The van der Waals surface area contributed by atoms with E-state index in [2.05, 4.69) is 27.9 Å². The topological polar surface area (TPSA) is 12.0 Å². The third-order valence-electron chi connectivity index (χ3n) is 2.89. The number of hydrogen-bond donors (Lipinski definition) is 1. The minimum atomic E-state index is -0.270. The van der Waals surface area contributed by atoms with Crippen LogP contribution in [0.1, 0.15) is 24.1 Å². The summed E-state index contributed by atoms with van der Waals surface area (Å²) >= 11 is 8.51. The molecule has 0 aromatic heterocycles.